The predicted octanol–water partition coefficient (Wildman–Crippen LogP) is 3.11. The van der Waals surface area contributed by atoms with Gasteiger partial charge in [-0.15, -0.1) is 0 Å². The van der Waals surface area contributed by atoms with E-state index in [4.69, 9.17) is 4.74 Å². The maximum Gasteiger partial charge on any atom is 0.223 e. The monoisotopic (exact) mass is 261 g/mol. The number of benzene rings is 1. The van der Waals surface area contributed by atoms with Gasteiger partial charge in [0.25, 0.3) is 0 Å². The molecule has 0 amide bonds. The zero-order valence-corrected chi connectivity index (χ0v) is 11.1. The van der Waals surface area contributed by atoms with E-state index in [9.17, 15) is 4.39 Å². The molecule has 1 N–H and O–H groups in total. The van der Waals surface area contributed by atoms with Gasteiger partial charge in [0.05, 0.1) is 12.3 Å². The van der Waals surface area contributed by atoms with Crippen molar-refractivity contribution in [2.75, 3.05) is 12.4 Å². The highest BCUT2D eigenvalue weighted by Crippen LogP contribution is 2.25. The van der Waals surface area contributed by atoms with Crippen molar-refractivity contribution in [1.82, 2.24) is 9.97 Å². The first-order valence-electron chi connectivity index (χ1n) is 6.07. The molecule has 1 aromatic heterocycles. The van der Waals surface area contributed by atoms with E-state index in [0.717, 1.165) is 6.20 Å². The molecule has 4 nitrogen and oxygen atoms in total. The van der Waals surface area contributed by atoms with Gasteiger partial charge in [-0.1, -0.05) is 12.1 Å². The second-order valence-electron chi connectivity index (χ2n) is 4.33. The van der Waals surface area contributed by atoms with Gasteiger partial charge in [-0.3, -0.25) is 0 Å². The molecule has 1 aromatic carbocycles. The van der Waals surface area contributed by atoms with Crippen molar-refractivity contribution in [2.24, 2.45) is 0 Å². The zero-order chi connectivity index (χ0) is 13.8. The third-order valence-corrected chi connectivity index (χ3v) is 2.45. The molecule has 0 aliphatic rings. The normalized spacial score (nSPS) is 10.6. The van der Waals surface area contributed by atoms with Gasteiger partial charge < -0.3 is 10.1 Å². The lowest BCUT2D eigenvalue weighted by Gasteiger charge is -2.11. The van der Waals surface area contributed by atoms with Crippen molar-refractivity contribution >= 4 is 5.95 Å². The Morgan fingerprint density at radius 3 is 2.79 bits per heavy atom. The van der Waals surface area contributed by atoms with Gasteiger partial charge >= 0.3 is 0 Å². The Hall–Kier alpha value is -2.17. The molecule has 19 heavy (non-hydrogen) atoms. The molecule has 0 saturated carbocycles. The molecule has 0 unspecified atom stereocenters. The summed E-state index contributed by atoms with van der Waals surface area (Å²) < 4.78 is 19.4. The molecule has 1 heterocycles. The fraction of sp³-hybridized carbons (Fsp3) is 0.286. The highest BCUT2D eigenvalue weighted by Gasteiger charge is 2.10. The number of nitrogens with one attached hydrogen (secondary N) is 1. The summed E-state index contributed by atoms with van der Waals surface area (Å²) >= 11 is 0. The molecule has 0 aliphatic heterocycles. The molecule has 0 aliphatic carbocycles. The van der Waals surface area contributed by atoms with E-state index < -0.39 is 5.82 Å². The first-order chi connectivity index (χ1) is 9.10. The number of halogens is 1. The third kappa shape index (κ3) is 3.19. The highest BCUT2D eigenvalue weighted by molar-refractivity contribution is 5.62. The van der Waals surface area contributed by atoms with Crippen LogP contribution in [0.25, 0.3) is 11.3 Å². The van der Waals surface area contributed by atoms with Gasteiger partial charge in [-0.05, 0) is 26.0 Å². The van der Waals surface area contributed by atoms with Crippen LogP contribution in [0.5, 0.6) is 5.75 Å². The van der Waals surface area contributed by atoms with Crippen LogP contribution in [0.1, 0.15) is 13.8 Å². The molecule has 2 rings (SSSR count). The number of anilines is 1. The molecule has 5 heteroatoms. The SMILES string of the molecule is CNc1ncc(F)c(-c2cccc(OC(C)C)c2)n1. The van der Waals surface area contributed by atoms with Crippen LogP contribution in [0.15, 0.2) is 30.5 Å². The number of aromatic nitrogens is 2. The largest absolute Gasteiger partial charge is 0.491 e. The van der Waals surface area contributed by atoms with Crippen LogP contribution in [0.3, 0.4) is 0 Å². The van der Waals surface area contributed by atoms with E-state index in [1.807, 2.05) is 26.0 Å². The van der Waals surface area contributed by atoms with Crippen molar-refractivity contribution in [3.63, 3.8) is 0 Å². The number of hydrogen-bond donors (Lipinski definition) is 1. The van der Waals surface area contributed by atoms with Crippen LogP contribution < -0.4 is 10.1 Å². The first kappa shape index (κ1) is 13.3. The summed E-state index contributed by atoms with van der Waals surface area (Å²) in [4.78, 5) is 7.95. The minimum absolute atomic E-state index is 0.0679. The van der Waals surface area contributed by atoms with Crippen molar-refractivity contribution in [2.45, 2.75) is 20.0 Å². The number of ether oxygens (including phenoxy) is 1. The standard InChI is InChI=1S/C14H16FN3O/c1-9(2)19-11-6-4-5-10(7-11)13-12(15)8-17-14(16-3)18-13/h4-9H,1-3H3,(H,16,17,18). The minimum Gasteiger partial charge on any atom is -0.491 e. The highest BCUT2D eigenvalue weighted by atomic mass is 19.1. The predicted molar refractivity (Wildman–Crippen MR) is 72.7 cm³/mol. The van der Waals surface area contributed by atoms with E-state index >= 15 is 0 Å². The van der Waals surface area contributed by atoms with Gasteiger partial charge in [-0.2, -0.15) is 0 Å². The second kappa shape index (κ2) is 5.65. The maximum atomic E-state index is 13.8. The Kier molecular flexibility index (Phi) is 3.94. The average molecular weight is 261 g/mol. The summed E-state index contributed by atoms with van der Waals surface area (Å²) in [7, 11) is 1.69. The average Bonchev–Trinajstić information content (AvgIpc) is 2.39. The summed E-state index contributed by atoms with van der Waals surface area (Å²) in [5, 5.41) is 2.79. The number of nitrogens with zero attached hydrogens (tertiary/aromatic N) is 2. The number of rotatable bonds is 4. The van der Waals surface area contributed by atoms with E-state index in [2.05, 4.69) is 15.3 Å². The molecule has 2 aromatic rings. The van der Waals surface area contributed by atoms with Crippen LogP contribution in [-0.2, 0) is 0 Å². The van der Waals surface area contributed by atoms with Gasteiger partial charge in [0, 0.05) is 12.6 Å². The smallest absolute Gasteiger partial charge is 0.223 e. The zero-order valence-electron chi connectivity index (χ0n) is 11.1. The van der Waals surface area contributed by atoms with Crippen molar-refractivity contribution in [3.8, 4) is 17.0 Å². The Balaban J connectivity index is 2.41. The van der Waals surface area contributed by atoms with E-state index in [1.165, 1.54) is 0 Å². The molecular formula is C14H16FN3O. The summed E-state index contributed by atoms with van der Waals surface area (Å²) in [5.41, 5.74) is 0.920. The lowest BCUT2D eigenvalue weighted by Crippen LogP contribution is -2.05. The summed E-state index contributed by atoms with van der Waals surface area (Å²) in [6.45, 7) is 3.88. The van der Waals surface area contributed by atoms with Crippen LogP contribution in [0.2, 0.25) is 0 Å². The third-order valence-electron chi connectivity index (χ3n) is 2.45. The van der Waals surface area contributed by atoms with Gasteiger partial charge in [0.15, 0.2) is 5.82 Å². The second-order valence-corrected chi connectivity index (χ2v) is 4.33. The quantitative estimate of drug-likeness (QED) is 0.918. The molecular weight excluding hydrogens is 245 g/mol. The van der Waals surface area contributed by atoms with Crippen LogP contribution >= 0.6 is 0 Å². The Labute approximate surface area is 111 Å². The summed E-state index contributed by atoms with van der Waals surface area (Å²) in [5.74, 6) is 0.615. The lowest BCUT2D eigenvalue weighted by atomic mass is 10.1. The molecule has 0 bridgehead atoms. The molecule has 100 valence electrons. The first-order valence-corrected chi connectivity index (χ1v) is 6.07. The molecule has 0 atom stereocenters. The fourth-order valence-corrected chi connectivity index (χ4v) is 1.68. The van der Waals surface area contributed by atoms with Gasteiger partial charge in [-0.25, -0.2) is 14.4 Å². The Bertz CT molecular complexity index is 572. The van der Waals surface area contributed by atoms with Crippen molar-refractivity contribution in [3.05, 3.63) is 36.3 Å². The summed E-state index contributed by atoms with van der Waals surface area (Å²) in [6, 6.07) is 7.21. The minimum atomic E-state index is -0.458. The molecule has 0 radical (unpaired) electrons. The summed E-state index contributed by atoms with van der Waals surface area (Å²) in [6.07, 6.45) is 1.22. The topological polar surface area (TPSA) is 47.0 Å². The van der Waals surface area contributed by atoms with Crippen LogP contribution in [0.4, 0.5) is 10.3 Å². The Morgan fingerprint density at radius 2 is 2.11 bits per heavy atom. The van der Waals surface area contributed by atoms with Crippen LogP contribution in [-0.4, -0.2) is 23.1 Å². The van der Waals surface area contributed by atoms with Gasteiger partial charge in [0.2, 0.25) is 5.95 Å². The van der Waals surface area contributed by atoms with E-state index in [-0.39, 0.29) is 11.8 Å². The lowest BCUT2D eigenvalue weighted by molar-refractivity contribution is 0.242. The molecule has 0 fully saturated rings. The Morgan fingerprint density at radius 1 is 1.32 bits per heavy atom. The molecule has 0 saturated heterocycles. The van der Waals surface area contributed by atoms with Crippen molar-refractivity contribution < 1.29 is 9.13 Å². The van der Waals surface area contributed by atoms with Crippen LogP contribution in [0, 0.1) is 5.82 Å². The van der Waals surface area contributed by atoms with Crippen molar-refractivity contribution in [1.29, 1.82) is 0 Å². The van der Waals surface area contributed by atoms with Gasteiger partial charge in [0.1, 0.15) is 11.4 Å². The number of hydrogen-bond acceptors (Lipinski definition) is 4. The molecule has 0 spiro atoms. The van der Waals surface area contributed by atoms with E-state index in [0.29, 0.717) is 17.3 Å². The van der Waals surface area contributed by atoms with E-state index in [1.54, 1.807) is 19.2 Å². The maximum absolute atomic E-state index is 13.8. The fourth-order valence-electron chi connectivity index (χ4n) is 1.68.